The Labute approximate surface area is 174 Å². The zero-order valence-corrected chi connectivity index (χ0v) is 16.2. The van der Waals surface area contributed by atoms with Crippen molar-refractivity contribution in [3.63, 3.8) is 0 Å². The van der Waals surface area contributed by atoms with E-state index in [0.29, 0.717) is 42.3 Å². The lowest BCUT2D eigenvalue weighted by Crippen LogP contribution is -2.35. The number of primary amides is 1. The lowest BCUT2D eigenvalue weighted by atomic mass is 10.1. The maximum Gasteiger partial charge on any atom is 0.408 e. The third-order valence-electron chi connectivity index (χ3n) is 4.86. The van der Waals surface area contributed by atoms with Crippen LogP contribution in [0.25, 0.3) is 11.4 Å². The summed E-state index contributed by atoms with van der Waals surface area (Å²) in [6.45, 7) is -0.712. The Morgan fingerprint density at radius 3 is 2.81 bits per heavy atom. The molecule has 164 valence electrons. The first-order valence-corrected chi connectivity index (χ1v) is 9.40. The highest BCUT2D eigenvalue weighted by molar-refractivity contribution is 6.01. The largest absolute Gasteiger partial charge is 0.491 e. The molecule has 1 aromatic heterocycles. The predicted octanol–water partition coefficient (Wildman–Crippen LogP) is 1.64. The molecule has 12 heteroatoms. The molecule has 0 radical (unpaired) electrons. The Balaban J connectivity index is 1.67. The minimum atomic E-state index is -4.48. The van der Waals surface area contributed by atoms with E-state index in [4.69, 9.17) is 20.9 Å². The molecule has 1 aliphatic heterocycles. The molecule has 9 nitrogen and oxygen atoms in total. The van der Waals surface area contributed by atoms with Crippen LogP contribution in [-0.2, 0) is 11.3 Å². The predicted molar refractivity (Wildman–Crippen MR) is 105 cm³/mol. The van der Waals surface area contributed by atoms with Gasteiger partial charge in [0.2, 0.25) is 0 Å². The zero-order valence-electron chi connectivity index (χ0n) is 16.2. The zero-order chi connectivity index (χ0) is 22.2. The van der Waals surface area contributed by atoms with Crippen LogP contribution in [0.3, 0.4) is 0 Å². The van der Waals surface area contributed by atoms with Crippen LogP contribution < -0.4 is 20.9 Å². The van der Waals surface area contributed by atoms with Gasteiger partial charge >= 0.3 is 6.18 Å². The van der Waals surface area contributed by atoms with Crippen molar-refractivity contribution in [3.05, 3.63) is 30.1 Å². The highest BCUT2D eigenvalue weighted by Gasteiger charge is 2.51. The number of benzene rings is 1. The van der Waals surface area contributed by atoms with Crippen LogP contribution in [0.1, 0.15) is 18.5 Å². The van der Waals surface area contributed by atoms with E-state index in [1.165, 1.54) is 0 Å². The molecule has 0 bridgehead atoms. The number of alkyl halides is 3. The lowest BCUT2D eigenvalue weighted by molar-refractivity contribution is -0.126. The topological polar surface area (TPSA) is 130 Å². The Kier molecular flexibility index (Phi) is 5.07. The molecule has 0 spiro atoms. The number of amidine groups is 1. The maximum absolute atomic E-state index is 12.6. The number of aromatic nitrogens is 2. The van der Waals surface area contributed by atoms with E-state index < -0.39 is 24.2 Å². The van der Waals surface area contributed by atoms with Crippen molar-refractivity contribution in [1.82, 2.24) is 9.55 Å². The summed E-state index contributed by atoms with van der Waals surface area (Å²) < 4.78 is 51.0. The number of carbonyl (C=O) groups excluding carboxylic acids is 1. The van der Waals surface area contributed by atoms with Gasteiger partial charge in [0.15, 0.2) is 11.4 Å². The van der Waals surface area contributed by atoms with Crippen LogP contribution in [-0.4, -0.2) is 52.6 Å². The van der Waals surface area contributed by atoms with Gasteiger partial charge in [-0.1, -0.05) is 0 Å². The van der Waals surface area contributed by atoms with Gasteiger partial charge in [-0.2, -0.15) is 13.2 Å². The molecule has 1 aliphatic carbocycles. The summed E-state index contributed by atoms with van der Waals surface area (Å²) in [5.74, 6) is 0.617. The molecule has 2 heterocycles. The van der Waals surface area contributed by atoms with Crippen molar-refractivity contribution in [2.24, 2.45) is 21.5 Å². The Hall–Kier alpha value is -3.57. The van der Waals surface area contributed by atoms with Crippen molar-refractivity contribution in [1.29, 1.82) is 0 Å². The van der Waals surface area contributed by atoms with Gasteiger partial charge in [-0.05, 0) is 12.1 Å². The fourth-order valence-corrected chi connectivity index (χ4v) is 3.19. The summed E-state index contributed by atoms with van der Waals surface area (Å²) in [5, 5.41) is 0. The number of hydrogen-bond donors (Lipinski definition) is 2. The second-order valence-electron chi connectivity index (χ2n) is 7.14. The number of carbonyl (C=O) groups is 1. The molecule has 4 N–H and O–H groups in total. The first-order chi connectivity index (χ1) is 14.7. The van der Waals surface area contributed by atoms with Crippen LogP contribution in [0.15, 0.2) is 34.4 Å². The number of fused-ring (bicyclic) bond motifs is 3. The van der Waals surface area contributed by atoms with E-state index >= 15 is 0 Å². The van der Waals surface area contributed by atoms with Gasteiger partial charge in [0.25, 0.3) is 5.91 Å². The van der Waals surface area contributed by atoms with E-state index in [1.807, 2.05) is 0 Å². The van der Waals surface area contributed by atoms with Gasteiger partial charge < -0.3 is 25.5 Å². The van der Waals surface area contributed by atoms with Gasteiger partial charge in [-0.3, -0.25) is 9.79 Å². The monoisotopic (exact) mass is 436 g/mol. The molecular formula is C19H19F3N6O3. The van der Waals surface area contributed by atoms with E-state index in [-0.39, 0.29) is 18.1 Å². The lowest BCUT2D eigenvalue weighted by Gasteiger charge is -2.16. The number of halogens is 3. The van der Waals surface area contributed by atoms with Crippen LogP contribution in [0.4, 0.5) is 13.2 Å². The van der Waals surface area contributed by atoms with Crippen molar-refractivity contribution in [2.75, 3.05) is 13.2 Å². The van der Waals surface area contributed by atoms with E-state index in [9.17, 15) is 18.0 Å². The molecule has 4 rings (SSSR count). The smallest absolute Gasteiger partial charge is 0.408 e. The molecule has 0 saturated heterocycles. The number of nitrogens with two attached hydrogens (primary N) is 2. The number of rotatable bonds is 5. The summed E-state index contributed by atoms with van der Waals surface area (Å²) in [5.41, 5.74) is 10.5. The van der Waals surface area contributed by atoms with Crippen molar-refractivity contribution >= 4 is 18.1 Å². The summed E-state index contributed by atoms with van der Waals surface area (Å²) in [6, 6.07) is 5.00. The minimum absolute atomic E-state index is 0.153. The average molecular weight is 436 g/mol. The number of imidazole rings is 1. The summed E-state index contributed by atoms with van der Waals surface area (Å²) in [4.78, 5) is 23.2. The van der Waals surface area contributed by atoms with Gasteiger partial charge in [-0.25, -0.2) is 9.98 Å². The number of amides is 1. The molecule has 0 unspecified atom stereocenters. The number of hydrogen-bond acceptors (Lipinski definition) is 5. The molecule has 1 saturated carbocycles. The number of aliphatic imine (C=N–C) groups is 2. The highest BCUT2D eigenvalue weighted by atomic mass is 19.4. The van der Waals surface area contributed by atoms with E-state index in [0.717, 1.165) is 6.34 Å². The third kappa shape index (κ3) is 4.32. The Morgan fingerprint density at radius 2 is 2.16 bits per heavy atom. The summed E-state index contributed by atoms with van der Waals surface area (Å²) in [6.07, 6.45) is -0.960. The number of nitrogens with zero attached hydrogens (tertiary/aromatic N) is 4. The third-order valence-corrected chi connectivity index (χ3v) is 4.86. The molecule has 31 heavy (non-hydrogen) atoms. The quantitative estimate of drug-likeness (QED) is 0.544. The minimum Gasteiger partial charge on any atom is -0.491 e. The van der Waals surface area contributed by atoms with E-state index in [1.54, 1.807) is 29.0 Å². The Morgan fingerprint density at radius 1 is 1.39 bits per heavy atom. The maximum atomic E-state index is 12.6. The van der Waals surface area contributed by atoms with Crippen molar-refractivity contribution in [3.8, 4) is 22.9 Å². The van der Waals surface area contributed by atoms with Crippen molar-refractivity contribution in [2.45, 2.75) is 31.2 Å². The van der Waals surface area contributed by atoms with Crippen LogP contribution in [0.5, 0.6) is 11.5 Å². The molecular weight excluding hydrogens is 417 g/mol. The van der Waals surface area contributed by atoms with E-state index in [2.05, 4.69) is 15.0 Å². The average Bonchev–Trinajstić information content (AvgIpc) is 3.40. The van der Waals surface area contributed by atoms with Gasteiger partial charge in [-0.15, -0.1) is 0 Å². The highest BCUT2D eigenvalue weighted by Crippen LogP contribution is 2.42. The number of ether oxygens (including phenoxy) is 2. The van der Waals surface area contributed by atoms with Gasteiger partial charge in [0.1, 0.15) is 36.2 Å². The first kappa shape index (κ1) is 20.7. The van der Waals surface area contributed by atoms with Crippen LogP contribution in [0.2, 0.25) is 0 Å². The molecule has 1 amide bonds. The molecule has 2 aromatic rings. The first-order valence-electron chi connectivity index (χ1n) is 9.40. The second-order valence-corrected chi connectivity index (χ2v) is 7.14. The second kappa shape index (κ2) is 7.60. The standard InChI is InChI=1S/C19H19F3N6O3/c20-19(21,22)9-25-15(26-10-23)13-8-28-5-6-30-14-7-11(1-2-12(14)16(28)27-13)31-18(3-4-18)17(24)29/h1-2,7-8,10H,3-6,9H2,(H2,24,29)(H2,23,25,26). The normalized spacial score (nSPS) is 17.5. The summed E-state index contributed by atoms with van der Waals surface area (Å²) in [7, 11) is 0. The Bertz CT molecular complexity index is 1070. The van der Waals surface area contributed by atoms with Gasteiger partial charge in [0.05, 0.1) is 18.4 Å². The fourth-order valence-electron chi connectivity index (χ4n) is 3.19. The molecule has 1 aromatic carbocycles. The molecule has 2 aliphatic rings. The van der Waals surface area contributed by atoms with Crippen LogP contribution >= 0.6 is 0 Å². The van der Waals surface area contributed by atoms with Crippen molar-refractivity contribution < 1.29 is 27.4 Å². The molecule has 1 fully saturated rings. The SMILES string of the molecule is NC=NC(=NCC(F)(F)F)c1cn2c(n1)-c1ccc(OC3(C(N)=O)CC3)cc1OCC2. The fraction of sp³-hybridized carbons (Fsp3) is 0.368. The summed E-state index contributed by atoms with van der Waals surface area (Å²) >= 11 is 0. The molecule has 0 atom stereocenters. The van der Waals surface area contributed by atoms with Crippen LogP contribution in [0, 0.1) is 0 Å². The van der Waals surface area contributed by atoms with Gasteiger partial charge in [0, 0.05) is 25.1 Å².